The molecule has 2 N–H and O–H groups in total. The Bertz CT molecular complexity index is 493. The molecular formula is C20H34O3. The molecule has 0 unspecified atom stereocenters. The predicted octanol–water partition coefficient (Wildman–Crippen LogP) is 3.73. The van der Waals surface area contributed by atoms with Gasteiger partial charge in [0, 0.05) is 12.0 Å². The Morgan fingerprint density at radius 3 is 2.48 bits per heavy atom. The molecule has 1 spiro atoms. The third-order valence-corrected chi connectivity index (χ3v) is 8.72. The Morgan fingerprint density at radius 2 is 1.74 bits per heavy atom. The molecule has 2 bridgehead atoms. The van der Waals surface area contributed by atoms with Gasteiger partial charge in [-0.2, -0.15) is 0 Å². The molecule has 4 fully saturated rings. The molecule has 3 heteroatoms. The summed E-state index contributed by atoms with van der Waals surface area (Å²) in [6.45, 7) is 8.15. The minimum Gasteiger partial charge on any atom is -0.396 e. The number of aliphatic hydroxyl groups is 2. The molecule has 0 radical (unpaired) electrons. The first-order valence-electron chi connectivity index (χ1n) is 9.69. The van der Waals surface area contributed by atoms with Crippen molar-refractivity contribution >= 4 is 0 Å². The van der Waals surface area contributed by atoms with E-state index in [-0.39, 0.29) is 21.7 Å². The van der Waals surface area contributed by atoms with Crippen LogP contribution in [0.15, 0.2) is 0 Å². The Labute approximate surface area is 140 Å². The quantitative estimate of drug-likeness (QED) is 0.773. The summed E-state index contributed by atoms with van der Waals surface area (Å²) < 4.78 is 5.92. The van der Waals surface area contributed by atoms with Crippen LogP contribution in [0, 0.1) is 33.5 Å². The summed E-state index contributed by atoms with van der Waals surface area (Å²) >= 11 is 0. The van der Waals surface area contributed by atoms with Gasteiger partial charge in [0.2, 0.25) is 0 Å². The summed E-state index contributed by atoms with van der Waals surface area (Å²) in [5, 5.41) is 20.9. The molecule has 4 rings (SSSR count). The van der Waals surface area contributed by atoms with Crippen LogP contribution in [0.2, 0.25) is 0 Å². The topological polar surface area (TPSA) is 49.7 Å². The third-order valence-electron chi connectivity index (χ3n) is 8.72. The van der Waals surface area contributed by atoms with Gasteiger partial charge in [-0.3, -0.25) is 0 Å². The molecule has 3 saturated carbocycles. The SMILES string of the molecule is C[C@]12CC[C@H]3[C@]4(C)CCC[C@@](C)(CO)[C@H]4CC[C@@]3(C1)[C@H](O)OC2. The first-order valence-corrected chi connectivity index (χ1v) is 9.69. The third kappa shape index (κ3) is 2.05. The fraction of sp³-hybridized carbons (Fsp3) is 1.00. The molecule has 1 saturated heterocycles. The summed E-state index contributed by atoms with van der Waals surface area (Å²) in [6, 6.07) is 0. The summed E-state index contributed by atoms with van der Waals surface area (Å²) in [4.78, 5) is 0. The number of rotatable bonds is 1. The number of hydrogen-bond acceptors (Lipinski definition) is 3. The van der Waals surface area contributed by atoms with Crippen molar-refractivity contribution < 1.29 is 14.9 Å². The van der Waals surface area contributed by atoms with Crippen molar-refractivity contribution in [3.63, 3.8) is 0 Å². The van der Waals surface area contributed by atoms with Gasteiger partial charge in [0.25, 0.3) is 0 Å². The molecule has 0 aromatic carbocycles. The van der Waals surface area contributed by atoms with Crippen LogP contribution in [-0.4, -0.2) is 29.7 Å². The van der Waals surface area contributed by atoms with Crippen molar-refractivity contribution in [2.75, 3.05) is 13.2 Å². The molecular weight excluding hydrogens is 288 g/mol. The monoisotopic (exact) mass is 322 g/mol. The number of aliphatic hydroxyl groups excluding tert-OH is 2. The first-order chi connectivity index (χ1) is 10.8. The fourth-order valence-corrected chi connectivity index (χ4v) is 7.70. The lowest BCUT2D eigenvalue weighted by Crippen LogP contribution is -2.65. The van der Waals surface area contributed by atoms with Gasteiger partial charge in [0.1, 0.15) is 0 Å². The molecule has 0 aromatic heterocycles. The summed E-state index contributed by atoms with van der Waals surface area (Å²) in [7, 11) is 0. The van der Waals surface area contributed by atoms with E-state index in [4.69, 9.17) is 4.74 Å². The Balaban J connectivity index is 1.74. The van der Waals surface area contributed by atoms with Crippen LogP contribution < -0.4 is 0 Å². The molecule has 1 heterocycles. The zero-order chi connectivity index (χ0) is 16.5. The van der Waals surface area contributed by atoms with Crippen LogP contribution in [0.25, 0.3) is 0 Å². The largest absolute Gasteiger partial charge is 0.396 e. The number of ether oxygens (including phenoxy) is 1. The van der Waals surface area contributed by atoms with E-state index in [9.17, 15) is 10.2 Å². The van der Waals surface area contributed by atoms with E-state index < -0.39 is 6.29 Å². The molecule has 3 nitrogen and oxygen atoms in total. The van der Waals surface area contributed by atoms with E-state index in [1.807, 2.05) is 0 Å². The van der Waals surface area contributed by atoms with Crippen molar-refractivity contribution in [1.82, 2.24) is 0 Å². The highest BCUT2D eigenvalue weighted by Gasteiger charge is 2.66. The van der Waals surface area contributed by atoms with E-state index in [1.165, 1.54) is 25.7 Å². The normalized spacial score (nSPS) is 59.1. The highest BCUT2D eigenvalue weighted by Crippen LogP contribution is 2.71. The molecule has 4 aliphatic rings. The van der Waals surface area contributed by atoms with Gasteiger partial charge in [0.05, 0.1) is 6.61 Å². The molecule has 1 aliphatic heterocycles. The minimum absolute atomic E-state index is 0.0375. The van der Waals surface area contributed by atoms with Crippen LogP contribution in [0.5, 0.6) is 0 Å². The standard InChI is InChI=1S/C20H34O3/c1-17-9-5-15-19(3)8-4-7-18(2,12-21)14(19)6-10-20(15,11-17)16(22)23-13-17/h14-16,21-22H,4-13H2,1-3H3/t14-,15+,16-,17+,18+,19-,20+/m1/s1. The van der Waals surface area contributed by atoms with Gasteiger partial charge < -0.3 is 14.9 Å². The van der Waals surface area contributed by atoms with Gasteiger partial charge in [0.15, 0.2) is 6.29 Å². The lowest BCUT2D eigenvalue weighted by Gasteiger charge is -2.68. The second kappa shape index (κ2) is 4.95. The lowest BCUT2D eigenvalue weighted by atomic mass is 9.38. The molecule has 3 aliphatic carbocycles. The smallest absolute Gasteiger partial charge is 0.160 e. The van der Waals surface area contributed by atoms with E-state index in [0.29, 0.717) is 18.4 Å². The van der Waals surface area contributed by atoms with Gasteiger partial charge in [-0.15, -0.1) is 0 Å². The zero-order valence-electron chi connectivity index (χ0n) is 15.1. The van der Waals surface area contributed by atoms with Crippen LogP contribution in [-0.2, 0) is 4.74 Å². The molecule has 7 atom stereocenters. The summed E-state index contributed by atoms with van der Waals surface area (Å²) in [5.74, 6) is 1.13. The highest BCUT2D eigenvalue weighted by atomic mass is 16.6. The van der Waals surface area contributed by atoms with Gasteiger partial charge in [-0.25, -0.2) is 0 Å². The molecule has 0 aromatic rings. The maximum atomic E-state index is 10.8. The summed E-state index contributed by atoms with van der Waals surface area (Å²) in [5.41, 5.74) is 0.533. The van der Waals surface area contributed by atoms with E-state index in [0.717, 1.165) is 32.3 Å². The molecule has 0 amide bonds. The van der Waals surface area contributed by atoms with Crippen molar-refractivity contribution in [2.45, 2.75) is 78.4 Å². The number of fused-ring (bicyclic) bond motifs is 3. The fourth-order valence-electron chi connectivity index (χ4n) is 7.70. The first kappa shape index (κ1) is 16.4. The van der Waals surface area contributed by atoms with E-state index >= 15 is 0 Å². The maximum Gasteiger partial charge on any atom is 0.160 e. The Kier molecular flexibility index (Phi) is 3.52. The van der Waals surface area contributed by atoms with Gasteiger partial charge >= 0.3 is 0 Å². The molecule has 132 valence electrons. The highest BCUT2D eigenvalue weighted by molar-refractivity contribution is 5.13. The van der Waals surface area contributed by atoms with Crippen LogP contribution >= 0.6 is 0 Å². The van der Waals surface area contributed by atoms with Crippen LogP contribution in [0.4, 0.5) is 0 Å². The van der Waals surface area contributed by atoms with Crippen molar-refractivity contribution in [3.05, 3.63) is 0 Å². The van der Waals surface area contributed by atoms with Crippen molar-refractivity contribution in [3.8, 4) is 0 Å². The minimum atomic E-state index is -0.582. The summed E-state index contributed by atoms with van der Waals surface area (Å²) in [6.07, 6.45) is 8.83. The van der Waals surface area contributed by atoms with Crippen LogP contribution in [0.1, 0.15) is 72.1 Å². The Morgan fingerprint density at radius 1 is 1.00 bits per heavy atom. The maximum absolute atomic E-state index is 10.8. The predicted molar refractivity (Wildman–Crippen MR) is 89.7 cm³/mol. The lowest BCUT2D eigenvalue weighted by molar-refractivity contribution is -0.312. The zero-order valence-corrected chi connectivity index (χ0v) is 15.1. The van der Waals surface area contributed by atoms with Gasteiger partial charge in [-0.1, -0.05) is 27.2 Å². The second-order valence-corrected chi connectivity index (χ2v) is 10.2. The van der Waals surface area contributed by atoms with E-state index in [2.05, 4.69) is 20.8 Å². The van der Waals surface area contributed by atoms with E-state index in [1.54, 1.807) is 0 Å². The van der Waals surface area contributed by atoms with Crippen LogP contribution in [0.3, 0.4) is 0 Å². The Hall–Kier alpha value is -0.120. The number of hydrogen-bond donors (Lipinski definition) is 2. The molecule has 23 heavy (non-hydrogen) atoms. The van der Waals surface area contributed by atoms with Crippen molar-refractivity contribution in [2.24, 2.45) is 33.5 Å². The average molecular weight is 322 g/mol. The van der Waals surface area contributed by atoms with Gasteiger partial charge in [-0.05, 0) is 73.0 Å². The van der Waals surface area contributed by atoms with Crippen molar-refractivity contribution in [1.29, 1.82) is 0 Å². The average Bonchev–Trinajstić information content (AvgIpc) is 2.51. The second-order valence-electron chi connectivity index (χ2n) is 10.2.